The number of rotatable bonds is 31. The van der Waals surface area contributed by atoms with E-state index in [0.29, 0.717) is 50.6 Å². The first-order valence-electron chi connectivity index (χ1n) is 22.1. The summed E-state index contributed by atoms with van der Waals surface area (Å²) in [5.41, 5.74) is 7.59. The number of carboxylic acid groups (broad SMARTS) is 1. The van der Waals surface area contributed by atoms with Gasteiger partial charge in [-0.05, 0) is 54.3 Å². The van der Waals surface area contributed by atoms with Crippen LogP contribution in [0.2, 0.25) is 0 Å². The molecule has 17 nitrogen and oxygen atoms in total. The third-order valence-electron chi connectivity index (χ3n) is 10.3. The van der Waals surface area contributed by atoms with E-state index in [2.05, 4.69) is 10.6 Å². The number of nitrogens with two attached hydrogens (primary N) is 1. The van der Waals surface area contributed by atoms with Gasteiger partial charge in [0.2, 0.25) is 23.6 Å². The minimum atomic E-state index is -1.27. The van der Waals surface area contributed by atoms with Crippen molar-refractivity contribution in [2.75, 3.05) is 90.5 Å². The fraction of sp³-hybridized carbons (Fsp3) is 0.511. The zero-order chi connectivity index (χ0) is 48.8. The smallest absolute Gasteiger partial charge is 0.327 e. The van der Waals surface area contributed by atoms with Crippen LogP contribution in [0.5, 0.6) is 0 Å². The van der Waals surface area contributed by atoms with Gasteiger partial charge in [-0.3, -0.25) is 19.2 Å². The summed E-state index contributed by atoms with van der Waals surface area (Å²) in [4.78, 5) is 65.3. The highest BCUT2D eigenvalue weighted by atomic mass is 32.2. The zero-order valence-electron chi connectivity index (χ0n) is 38.3. The maximum atomic E-state index is 15.1. The Balaban J connectivity index is 1.18. The number of nitrogens with one attached hydrogen (secondary N) is 2. The van der Waals surface area contributed by atoms with Gasteiger partial charge < -0.3 is 59.9 Å². The first-order chi connectivity index (χ1) is 32.1. The monoisotopic (exact) mass is 958 g/mol. The van der Waals surface area contributed by atoms with E-state index in [1.54, 1.807) is 17.2 Å². The summed E-state index contributed by atoms with van der Waals surface area (Å²) >= 11 is 1.08. The molecule has 1 unspecified atom stereocenters. The minimum absolute atomic E-state index is 0.0286. The van der Waals surface area contributed by atoms with Crippen molar-refractivity contribution in [3.63, 3.8) is 0 Å². The van der Waals surface area contributed by atoms with Gasteiger partial charge in [0, 0.05) is 60.9 Å². The summed E-state index contributed by atoms with van der Waals surface area (Å²) in [6, 6.07) is 12.9. The second kappa shape index (κ2) is 28.2. The quantitative estimate of drug-likeness (QED) is 0.0585. The standard InChI is InChI=1S/C47H64F2N6O11S/c1-47(2,3)45(39-26-34(36-27-35(48)10-11-37(36)49)29-53(39)28-33-8-5-4-6-9-33)54(17-7-15-50)44(60)32-67-31-38(46(61)62)52-40(56)14-18-63-20-22-65-24-25-66-23-21-64-19-16-51-41(57)30-55-42(58)12-13-43(55)59/h4-6,8-13,26-27,29,38,42,45,58H,7,14-25,28,30-32,50H2,1-3H3,(H,51,57)(H,52,56)(H,61,62)/t38-,42?,45-/m0/s1. The Kier molecular flexibility index (Phi) is 22.9. The topological polar surface area (TPSA) is 224 Å². The number of aliphatic carboxylic acids is 1. The van der Waals surface area contributed by atoms with Gasteiger partial charge >= 0.3 is 5.97 Å². The first-order valence-corrected chi connectivity index (χ1v) is 23.3. The van der Waals surface area contributed by atoms with Crippen LogP contribution >= 0.6 is 11.8 Å². The van der Waals surface area contributed by atoms with Crippen LogP contribution in [0, 0.1) is 17.0 Å². The molecule has 2 heterocycles. The number of aliphatic hydroxyl groups excluding tert-OH is 1. The number of hydrogen-bond acceptors (Lipinski definition) is 12. The number of carbonyl (C=O) groups is 5. The van der Waals surface area contributed by atoms with Gasteiger partial charge in [-0.15, -0.1) is 11.8 Å². The second-order valence-corrected chi connectivity index (χ2v) is 17.7. The van der Waals surface area contributed by atoms with E-state index < -0.39 is 59.1 Å². The molecule has 1 aromatic heterocycles. The van der Waals surface area contributed by atoms with E-state index >= 15 is 4.39 Å². The molecule has 0 saturated heterocycles. The van der Waals surface area contributed by atoms with Crippen LogP contribution in [-0.4, -0.2) is 157 Å². The molecular formula is C47H64F2N6O11S. The van der Waals surface area contributed by atoms with E-state index in [0.717, 1.165) is 40.4 Å². The fourth-order valence-corrected chi connectivity index (χ4v) is 8.05. The third-order valence-corrected chi connectivity index (χ3v) is 11.3. The number of benzene rings is 2. The number of amides is 4. The molecule has 0 aliphatic carbocycles. The van der Waals surface area contributed by atoms with Crippen LogP contribution in [0.4, 0.5) is 8.78 Å². The Hall–Kier alpha value is -5.22. The molecule has 4 amide bonds. The summed E-state index contributed by atoms with van der Waals surface area (Å²) in [5.74, 6) is -4.25. The third kappa shape index (κ3) is 18.4. The number of aliphatic hydroxyl groups is 1. The Morgan fingerprint density at radius 3 is 2.18 bits per heavy atom. The van der Waals surface area contributed by atoms with Gasteiger partial charge in [0.25, 0.3) is 0 Å². The molecule has 0 fully saturated rings. The lowest BCUT2D eigenvalue weighted by Crippen LogP contribution is -2.45. The molecule has 0 bridgehead atoms. The fourth-order valence-electron chi connectivity index (χ4n) is 7.13. The first kappa shape index (κ1) is 54.4. The van der Waals surface area contributed by atoms with Crippen molar-refractivity contribution >= 4 is 41.4 Å². The van der Waals surface area contributed by atoms with E-state index in [1.165, 1.54) is 12.2 Å². The SMILES string of the molecule is CC(C)(C)[C@H](c1cc(-c2cc(F)ccc2F)cn1Cc1ccccc1)N(CCCN)C(=O)CSC[C@H](NC(=O)CCOCCOCCOCCOCCNC(=O)CN1C(=O)C=CC1O)C(=O)O. The number of carboxylic acids is 1. The van der Waals surface area contributed by atoms with Crippen LogP contribution in [0.1, 0.15) is 50.9 Å². The second-order valence-electron chi connectivity index (χ2n) is 16.7. The van der Waals surface area contributed by atoms with Crippen molar-refractivity contribution in [3.8, 4) is 11.1 Å². The molecule has 1 aliphatic rings. The molecule has 368 valence electrons. The van der Waals surface area contributed by atoms with Gasteiger partial charge in [-0.25, -0.2) is 13.6 Å². The molecular weight excluding hydrogens is 895 g/mol. The van der Waals surface area contributed by atoms with Gasteiger partial charge in [0.1, 0.15) is 30.4 Å². The highest BCUT2D eigenvalue weighted by molar-refractivity contribution is 8.00. The van der Waals surface area contributed by atoms with Gasteiger partial charge in [-0.1, -0.05) is 51.1 Å². The van der Waals surface area contributed by atoms with E-state index in [9.17, 15) is 38.6 Å². The molecule has 3 atom stereocenters. The number of carbonyl (C=O) groups excluding carboxylic acids is 4. The van der Waals surface area contributed by atoms with Crippen LogP contribution in [0.15, 0.2) is 72.9 Å². The Morgan fingerprint density at radius 1 is 0.910 bits per heavy atom. The van der Waals surface area contributed by atoms with Crippen molar-refractivity contribution in [3.05, 3.63) is 95.8 Å². The molecule has 1 aliphatic heterocycles. The lowest BCUT2D eigenvalue weighted by Gasteiger charge is -2.41. The average Bonchev–Trinajstić information content (AvgIpc) is 3.83. The molecule has 20 heteroatoms. The molecule has 4 rings (SSSR count). The molecule has 6 N–H and O–H groups in total. The summed E-state index contributed by atoms with van der Waals surface area (Å²) in [6.45, 7) is 8.82. The lowest BCUT2D eigenvalue weighted by atomic mass is 9.83. The molecule has 2 aromatic carbocycles. The van der Waals surface area contributed by atoms with Crippen LogP contribution in [0.3, 0.4) is 0 Å². The maximum Gasteiger partial charge on any atom is 0.327 e. The van der Waals surface area contributed by atoms with E-state index in [1.807, 2.05) is 55.7 Å². The highest BCUT2D eigenvalue weighted by Crippen LogP contribution is 2.41. The Bertz CT molecular complexity index is 2090. The van der Waals surface area contributed by atoms with Crippen molar-refractivity contribution in [2.45, 2.75) is 58.5 Å². The van der Waals surface area contributed by atoms with E-state index in [-0.39, 0.29) is 82.1 Å². The molecule has 0 radical (unpaired) electrons. The lowest BCUT2D eigenvalue weighted by molar-refractivity contribution is -0.141. The van der Waals surface area contributed by atoms with Crippen molar-refractivity contribution < 1.29 is 61.9 Å². The summed E-state index contributed by atoms with van der Waals surface area (Å²) in [7, 11) is 0. The number of ether oxygens (including phenoxy) is 4. The van der Waals surface area contributed by atoms with Crippen LogP contribution < -0.4 is 16.4 Å². The number of halogens is 2. The van der Waals surface area contributed by atoms with Crippen LogP contribution in [-0.2, 0) is 49.5 Å². The number of nitrogens with zero attached hydrogens (tertiary/aromatic N) is 3. The van der Waals surface area contributed by atoms with Gasteiger partial charge in [0.05, 0.1) is 64.6 Å². The van der Waals surface area contributed by atoms with Crippen molar-refractivity contribution in [1.29, 1.82) is 0 Å². The zero-order valence-corrected chi connectivity index (χ0v) is 39.1. The van der Waals surface area contributed by atoms with Crippen molar-refractivity contribution in [1.82, 2.24) is 25.0 Å². The minimum Gasteiger partial charge on any atom is -0.480 e. The van der Waals surface area contributed by atoms with E-state index in [4.69, 9.17) is 24.7 Å². The molecule has 0 saturated carbocycles. The molecule has 0 spiro atoms. The Labute approximate surface area is 394 Å². The molecule has 3 aromatic rings. The van der Waals surface area contributed by atoms with Crippen LogP contribution in [0.25, 0.3) is 11.1 Å². The number of thioether (sulfide) groups is 1. The summed E-state index contributed by atoms with van der Waals surface area (Å²) in [5, 5.41) is 24.7. The predicted octanol–water partition coefficient (Wildman–Crippen LogP) is 3.34. The largest absolute Gasteiger partial charge is 0.480 e. The number of aromatic nitrogens is 1. The number of hydrogen-bond donors (Lipinski definition) is 5. The van der Waals surface area contributed by atoms with Crippen molar-refractivity contribution in [2.24, 2.45) is 11.1 Å². The highest BCUT2D eigenvalue weighted by Gasteiger charge is 2.37. The summed E-state index contributed by atoms with van der Waals surface area (Å²) < 4.78 is 53.2. The average molecular weight is 959 g/mol. The normalized spacial score (nSPS) is 14.6. The Morgan fingerprint density at radius 2 is 1.57 bits per heavy atom. The van der Waals surface area contributed by atoms with Gasteiger partial charge in [0.15, 0.2) is 0 Å². The summed E-state index contributed by atoms with van der Waals surface area (Å²) in [6.07, 6.45) is 3.56. The maximum absolute atomic E-state index is 15.1. The van der Waals surface area contributed by atoms with Gasteiger partial charge in [-0.2, -0.15) is 0 Å². The predicted molar refractivity (Wildman–Crippen MR) is 248 cm³/mol. The molecule has 67 heavy (non-hydrogen) atoms.